The lowest BCUT2D eigenvalue weighted by molar-refractivity contribution is -0.174. The predicted molar refractivity (Wildman–Crippen MR) is 115 cm³/mol. The van der Waals surface area contributed by atoms with E-state index in [1.54, 1.807) is 28.0 Å². The summed E-state index contributed by atoms with van der Waals surface area (Å²) in [5.41, 5.74) is 0.361. The number of amides is 2. The Bertz CT molecular complexity index is 797. The third-order valence-corrected chi connectivity index (χ3v) is 6.06. The molecule has 0 aliphatic carbocycles. The maximum absolute atomic E-state index is 13.1. The van der Waals surface area contributed by atoms with E-state index in [2.05, 4.69) is 9.64 Å². The molecular weight excluding hydrogens is 470 g/mol. The monoisotopic (exact) mass is 495 g/mol. The van der Waals surface area contributed by atoms with Gasteiger partial charge in [0.25, 0.3) is 5.91 Å². The number of likely N-dealkylation sites (tertiary alicyclic amines) is 1. The Morgan fingerprint density at radius 1 is 1.03 bits per heavy atom. The first-order chi connectivity index (χ1) is 15.1. The molecule has 0 spiro atoms. The number of halogens is 5. The number of alkyl halides is 3. The van der Waals surface area contributed by atoms with E-state index in [4.69, 9.17) is 23.2 Å². The van der Waals surface area contributed by atoms with Gasteiger partial charge in [0, 0.05) is 61.5 Å². The van der Waals surface area contributed by atoms with E-state index in [1.807, 2.05) is 0 Å². The molecule has 6 nitrogen and oxygen atoms in total. The van der Waals surface area contributed by atoms with E-state index in [1.165, 1.54) is 0 Å². The summed E-state index contributed by atoms with van der Waals surface area (Å²) in [6.45, 7) is 2.23. The molecule has 3 rings (SSSR count). The molecular formula is C21H26Cl2F3N3O3. The van der Waals surface area contributed by atoms with E-state index < -0.39 is 18.8 Å². The van der Waals surface area contributed by atoms with Gasteiger partial charge in [0.15, 0.2) is 0 Å². The van der Waals surface area contributed by atoms with Crippen LogP contribution in [-0.4, -0.2) is 91.2 Å². The van der Waals surface area contributed by atoms with Crippen LogP contribution in [0, 0.1) is 0 Å². The minimum atomic E-state index is -4.31. The Labute approximate surface area is 195 Å². The van der Waals surface area contributed by atoms with Gasteiger partial charge >= 0.3 is 6.18 Å². The minimum Gasteiger partial charge on any atom is -0.372 e. The molecule has 2 saturated heterocycles. The number of benzene rings is 1. The van der Waals surface area contributed by atoms with Gasteiger partial charge in [-0.3, -0.25) is 14.5 Å². The molecule has 0 bridgehead atoms. The zero-order valence-corrected chi connectivity index (χ0v) is 19.1. The van der Waals surface area contributed by atoms with Crippen LogP contribution in [0.25, 0.3) is 0 Å². The maximum Gasteiger partial charge on any atom is 0.411 e. The van der Waals surface area contributed by atoms with E-state index in [-0.39, 0.29) is 18.4 Å². The number of rotatable bonds is 7. The molecule has 2 amide bonds. The Hall–Kier alpha value is -1.55. The summed E-state index contributed by atoms with van der Waals surface area (Å²) in [6.07, 6.45) is -2.46. The fourth-order valence-corrected chi connectivity index (χ4v) is 4.62. The Kier molecular flexibility index (Phi) is 8.66. The summed E-state index contributed by atoms with van der Waals surface area (Å²) in [7, 11) is 0. The first-order valence-electron chi connectivity index (χ1n) is 10.6. The summed E-state index contributed by atoms with van der Waals surface area (Å²) in [6, 6.07) is 4.14. The number of carbonyl (C=O) groups is 2. The van der Waals surface area contributed by atoms with E-state index in [0.717, 1.165) is 6.42 Å². The summed E-state index contributed by atoms with van der Waals surface area (Å²) >= 11 is 12.0. The maximum atomic E-state index is 13.1. The van der Waals surface area contributed by atoms with Crippen molar-refractivity contribution in [1.29, 1.82) is 0 Å². The second kappa shape index (κ2) is 11.0. The number of nitrogens with zero attached hydrogens (tertiary/aromatic N) is 3. The lowest BCUT2D eigenvalue weighted by Gasteiger charge is -2.37. The van der Waals surface area contributed by atoms with Crippen LogP contribution in [0.2, 0.25) is 10.0 Å². The molecule has 2 fully saturated rings. The van der Waals surface area contributed by atoms with Crippen LogP contribution in [0.1, 0.15) is 29.6 Å². The van der Waals surface area contributed by atoms with E-state index in [0.29, 0.717) is 67.7 Å². The van der Waals surface area contributed by atoms with Crippen molar-refractivity contribution in [2.75, 3.05) is 52.5 Å². The van der Waals surface area contributed by atoms with Crippen molar-refractivity contribution in [3.63, 3.8) is 0 Å². The molecule has 1 aromatic carbocycles. The molecule has 2 aliphatic rings. The van der Waals surface area contributed by atoms with Gasteiger partial charge in [0.1, 0.15) is 12.6 Å². The first kappa shape index (κ1) is 25.1. The molecule has 0 N–H and O–H groups in total. The van der Waals surface area contributed by atoms with Crippen molar-refractivity contribution in [3.05, 3.63) is 33.8 Å². The lowest BCUT2D eigenvalue weighted by Crippen LogP contribution is -2.54. The summed E-state index contributed by atoms with van der Waals surface area (Å²) in [5.74, 6) is -0.333. The first-order valence-corrected chi connectivity index (χ1v) is 11.3. The molecule has 2 heterocycles. The third kappa shape index (κ3) is 6.97. The topological polar surface area (TPSA) is 53.1 Å². The molecule has 0 saturated carbocycles. The summed E-state index contributed by atoms with van der Waals surface area (Å²) in [5, 5.41) is 0.728. The molecule has 0 aromatic heterocycles. The standard InChI is InChI=1S/C21H26Cl2F3N3O3/c22-16-11-15(12-17(23)13-16)19(30)29-5-1-3-18(29)20(31)28-8-6-27(7-9-28)4-2-10-32-14-21(24,25)26/h11-13,18H,1-10,14H2. The van der Waals surface area contributed by atoms with Crippen LogP contribution in [0.15, 0.2) is 18.2 Å². The van der Waals surface area contributed by atoms with Crippen molar-refractivity contribution in [2.24, 2.45) is 0 Å². The molecule has 1 unspecified atom stereocenters. The minimum absolute atomic E-state index is 0.0469. The Balaban J connectivity index is 1.47. The van der Waals surface area contributed by atoms with Crippen molar-refractivity contribution < 1.29 is 27.5 Å². The SMILES string of the molecule is O=C(C1CCCN1C(=O)c1cc(Cl)cc(Cl)c1)N1CCN(CCCOCC(F)(F)F)CC1. The molecule has 178 valence electrons. The van der Waals surface area contributed by atoms with E-state index >= 15 is 0 Å². The predicted octanol–water partition coefficient (Wildman–Crippen LogP) is 3.71. The van der Waals surface area contributed by atoms with Gasteiger partial charge in [-0.25, -0.2) is 0 Å². The summed E-state index contributed by atoms with van der Waals surface area (Å²) in [4.78, 5) is 31.6. The molecule has 11 heteroatoms. The van der Waals surface area contributed by atoms with Crippen LogP contribution in [0.4, 0.5) is 13.2 Å². The number of piperazine rings is 1. The lowest BCUT2D eigenvalue weighted by atomic mass is 10.1. The zero-order valence-electron chi connectivity index (χ0n) is 17.5. The molecule has 1 aromatic rings. The van der Waals surface area contributed by atoms with E-state index in [9.17, 15) is 22.8 Å². The number of ether oxygens (including phenoxy) is 1. The third-order valence-electron chi connectivity index (χ3n) is 5.62. The second-order valence-electron chi connectivity index (χ2n) is 8.00. The zero-order chi connectivity index (χ0) is 23.3. The van der Waals surface area contributed by atoms with Crippen LogP contribution < -0.4 is 0 Å². The van der Waals surface area contributed by atoms with Crippen LogP contribution in [0.3, 0.4) is 0 Å². The Morgan fingerprint density at radius 3 is 2.31 bits per heavy atom. The average Bonchev–Trinajstić information content (AvgIpc) is 3.21. The quantitative estimate of drug-likeness (QED) is 0.541. The van der Waals surface area contributed by atoms with Crippen LogP contribution >= 0.6 is 23.2 Å². The van der Waals surface area contributed by atoms with Crippen molar-refractivity contribution >= 4 is 35.0 Å². The largest absolute Gasteiger partial charge is 0.411 e. The highest BCUT2D eigenvalue weighted by atomic mass is 35.5. The summed E-state index contributed by atoms with van der Waals surface area (Å²) < 4.78 is 40.9. The fraction of sp³-hybridized carbons (Fsp3) is 0.619. The number of hydrogen-bond acceptors (Lipinski definition) is 4. The van der Waals surface area contributed by atoms with Gasteiger partial charge in [-0.05, 0) is 37.5 Å². The normalized spacial score (nSPS) is 20.1. The van der Waals surface area contributed by atoms with Crippen molar-refractivity contribution in [2.45, 2.75) is 31.5 Å². The van der Waals surface area contributed by atoms with Gasteiger partial charge < -0.3 is 14.5 Å². The number of hydrogen-bond donors (Lipinski definition) is 0. The second-order valence-corrected chi connectivity index (χ2v) is 8.88. The van der Waals surface area contributed by atoms with Gasteiger partial charge in [-0.2, -0.15) is 13.2 Å². The molecule has 1 atom stereocenters. The number of carbonyl (C=O) groups excluding carboxylic acids is 2. The van der Waals surface area contributed by atoms with Crippen LogP contribution in [-0.2, 0) is 9.53 Å². The highest BCUT2D eigenvalue weighted by molar-refractivity contribution is 6.35. The van der Waals surface area contributed by atoms with Crippen molar-refractivity contribution in [1.82, 2.24) is 14.7 Å². The average molecular weight is 496 g/mol. The smallest absolute Gasteiger partial charge is 0.372 e. The molecule has 0 radical (unpaired) electrons. The van der Waals surface area contributed by atoms with Crippen LogP contribution in [0.5, 0.6) is 0 Å². The van der Waals surface area contributed by atoms with Gasteiger partial charge in [-0.15, -0.1) is 0 Å². The fourth-order valence-electron chi connectivity index (χ4n) is 4.09. The van der Waals surface area contributed by atoms with Gasteiger partial charge in [-0.1, -0.05) is 23.2 Å². The van der Waals surface area contributed by atoms with Crippen molar-refractivity contribution in [3.8, 4) is 0 Å². The highest BCUT2D eigenvalue weighted by Gasteiger charge is 2.37. The molecule has 2 aliphatic heterocycles. The Morgan fingerprint density at radius 2 is 1.69 bits per heavy atom. The molecule has 32 heavy (non-hydrogen) atoms. The van der Waals surface area contributed by atoms with Gasteiger partial charge in [0.05, 0.1) is 0 Å². The van der Waals surface area contributed by atoms with Gasteiger partial charge in [0.2, 0.25) is 5.91 Å². The highest BCUT2D eigenvalue weighted by Crippen LogP contribution is 2.26.